The zero-order valence-corrected chi connectivity index (χ0v) is 14.4. The molecule has 2 N–H and O–H groups in total. The van der Waals surface area contributed by atoms with Crippen LogP contribution in [0, 0.1) is 13.8 Å². The van der Waals surface area contributed by atoms with Gasteiger partial charge in [-0.2, -0.15) is 0 Å². The first-order chi connectivity index (χ1) is 11.7. The third-order valence-electron chi connectivity index (χ3n) is 4.84. The van der Waals surface area contributed by atoms with Crippen molar-refractivity contribution in [2.75, 3.05) is 19.6 Å². The number of furan rings is 1. The molecule has 1 atom stereocenters. The molecule has 0 spiro atoms. The number of halogens is 2. The van der Waals surface area contributed by atoms with E-state index in [2.05, 4.69) is 10.6 Å². The fourth-order valence-corrected chi connectivity index (χ4v) is 3.47. The zero-order valence-electron chi connectivity index (χ0n) is 14.4. The van der Waals surface area contributed by atoms with E-state index in [4.69, 9.17) is 4.42 Å². The van der Waals surface area contributed by atoms with Gasteiger partial charge in [0.25, 0.3) is 11.8 Å². The third kappa shape index (κ3) is 4.00. The average molecular weight is 355 g/mol. The van der Waals surface area contributed by atoms with E-state index in [0.29, 0.717) is 43.0 Å². The smallest absolute Gasteiger partial charge is 0.262 e. The number of alkyl halides is 2. The molecule has 25 heavy (non-hydrogen) atoms. The first-order valence-corrected chi connectivity index (χ1v) is 8.53. The van der Waals surface area contributed by atoms with Crippen molar-refractivity contribution in [3.05, 3.63) is 23.2 Å². The van der Waals surface area contributed by atoms with Gasteiger partial charge in [-0.1, -0.05) is 0 Å². The van der Waals surface area contributed by atoms with Crippen LogP contribution in [0.3, 0.4) is 0 Å². The second kappa shape index (κ2) is 6.74. The molecule has 1 unspecified atom stereocenters. The summed E-state index contributed by atoms with van der Waals surface area (Å²) < 4.78 is 31.8. The number of carbonyl (C=O) groups is 2. The van der Waals surface area contributed by atoms with Gasteiger partial charge >= 0.3 is 0 Å². The normalized spacial score (nSPS) is 23.7. The number of hydrogen-bond donors (Lipinski definition) is 2. The molecule has 2 aliphatic heterocycles. The van der Waals surface area contributed by atoms with Crippen LogP contribution in [0.2, 0.25) is 0 Å². The van der Waals surface area contributed by atoms with Gasteiger partial charge in [-0.05, 0) is 32.8 Å². The van der Waals surface area contributed by atoms with Crippen molar-refractivity contribution in [3.8, 4) is 0 Å². The maximum Gasteiger partial charge on any atom is 0.262 e. The number of nitrogens with zero attached hydrogens (tertiary/aromatic N) is 1. The highest BCUT2D eigenvalue weighted by atomic mass is 19.3. The van der Waals surface area contributed by atoms with Crippen LogP contribution in [0.1, 0.15) is 41.1 Å². The summed E-state index contributed by atoms with van der Waals surface area (Å²) in [6.45, 7) is 4.00. The van der Waals surface area contributed by atoms with E-state index in [1.54, 1.807) is 24.8 Å². The summed E-state index contributed by atoms with van der Waals surface area (Å²) >= 11 is 0. The summed E-state index contributed by atoms with van der Waals surface area (Å²) in [7, 11) is 0. The number of aryl methyl sites for hydroxylation is 2. The number of nitrogens with one attached hydrogen (secondary N) is 2. The van der Waals surface area contributed by atoms with E-state index in [-0.39, 0.29) is 17.9 Å². The number of carbonyl (C=O) groups excluding carboxylic acids is 2. The van der Waals surface area contributed by atoms with Crippen molar-refractivity contribution >= 4 is 11.8 Å². The minimum atomic E-state index is -2.81. The Bertz CT molecular complexity index is 666. The lowest BCUT2D eigenvalue weighted by atomic mass is 10.0. The highest BCUT2D eigenvalue weighted by Gasteiger charge is 2.43. The van der Waals surface area contributed by atoms with Crippen LogP contribution in [-0.4, -0.2) is 54.4 Å². The Morgan fingerprint density at radius 3 is 2.52 bits per heavy atom. The Balaban J connectivity index is 1.49. The fourth-order valence-electron chi connectivity index (χ4n) is 3.47. The molecule has 2 fully saturated rings. The van der Waals surface area contributed by atoms with Crippen LogP contribution in [0.15, 0.2) is 10.5 Å². The monoisotopic (exact) mass is 355 g/mol. The number of amides is 2. The first-order valence-electron chi connectivity index (χ1n) is 8.53. The van der Waals surface area contributed by atoms with E-state index in [1.165, 1.54) is 0 Å². The molecule has 3 heterocycles. The number of rotatable bonds is 3. The molecule has 2 saturated heterocycles. The van der Waals surface area contributed by atoms with Gasteiger partial charge in [0.2, 0.25) is 5.91 Å². The van der Waals surface area contributed by atoms with Crippen LogP contribution >= 0.6 is 0 Å². The Labute approximate surface area is 144 Å². The summed E-state index contributed by atoms with van der Waals surface area (Å²) in [5.41, 5.74) is 0.522. The lowest BCUT2D eigenvalue weighted by Crippen LogP contribution is -2.50. The van der Waals surface area contributed by atoms with Crippen molar-refractivity contribution in [1.82, 2.24) is 15.5 Å². The Morgan fingerprint density at radius 2 is 2.00 bits per heavy atom. The lowest BCUT2D eigenvalue weighted by Gasteiger charge is -2.33. The minimum absolute atomic E-state index is 0.0378. The third-order valence-corrected chi connectivity index (χ3v) is 4.84. The summed E-state index contributed by atoms with van der Waals surface area (Å²) in [4.78, 5) is 26.2. The lowest BCUT2D eigenvalue weighted by molar-refractivity contribution is -0.134. The summed E-state index contributed by atoms with van der Waals surface area (Å²) in [6, 6.07) is 0.858. The molecule has 6 nitrogen and oxygen atoms in total. The van der Waals surface area contributed by atoms with E-state index in [1.807, 2.05) is 0 Å². The second-order valence-corrected chi connectivity index (χ2v) is 6.89. The molecule has 0 radical (unpaired) electrons. The molecular formula is C17H23F2N3O3. The van der Waals surface area contributed by atoms with Gasteiger partial charge in [-0.25, -0.2) is 8.78 Å². The molecule has 138 valence electrons. The number of hydrogen-bond acceptors (Lipinski definition) is 4. The van der Waals surface area contributed by atoms with E-state index < -0.39 is 24.9 Å². The van der Waals surface area contributed by atoms with Gasteiger partial charge < -0.3 is 14.6 Å². The van der Waals surface area contributed by atoms with Crippen molar-refractivity contribution in [3.63, 3.8) is 0 Å². The van der Waals surface area contributed by atoms with Crippen LogP contribution in [0.25, 0.3) is 0 Å². The SMILES string of the molecule is Cc1cc(C(=O)NC2CCN(C(=O)C3CC(F)(F)CN3)CC2)c(C)o1. The van der Waals surface area contributed by atoms with Crippen molar-refractivity contribution in [2.24, 2.45) is 0 Å². The molecule has 8 heteroatoms. The number of likely N-dealkylation sites (tertiary alicyclic amines) is 1. The van der Waals surface area contributed by atoms with Gasteiger partial charge in [-0.15, -0.1) is 0 Å². The summed E-state index contributed by atoms with van der Waals surface area (Å²) in [5.74, 6) is -2.01. The van der Waals surface area contributed by atoms with Crippen LogP contribution in [-0.2, 0) is 4.79 Å². The van der Waals surface area contributed by atoms with Crippen molar-refractivity contribution in [1.29, 1.82) is 0 Å². The van der Waals surface area contributed by atoms with Crippen LogP contribution in [0.5, 0.6) is 0 Å². The second-order valence-electron chi connectivity index (χ2n) is 6.89. The van der Waals surface area contributed by atoms with Gasteiger partial charge in [-0.3, -0.25) is 14.9 Å². The molecule has 0 saturated carbocycles. The van der Waals surface area contributed by atoms with Gasteiger partial charge in [0.05, 0.1) is 18.2 Å². The van der Waals surface area contributed by atoms with E-state index in [0.717, 1.165) is 0 Å². The molecule has 2 aliphatic rings. The molecule has 0 bridgehead atoms. The maximum absolute atomic E-state index is 13.2. The van der Waals surface area contributed by atoms with Gasteiger partial charge in [0.1, 0.15) is 11.5 Å². The maximum atomic E-state index is 13.2. The Hall–Kier alpha value is -1.96. The van der Waals surface area contributed by atoms with Crippen molar-refractivity contribution in [2.45, 2.75) is 51.1 Å². The van der Waals surface area contributed by atoms with Gasteiger partial charge in [0.15, 0.2) is 0 Å². The van der Waals surface area contributed by atoms with E-state index >= 15 is 0 Å². The zero-order chi connectivity index (χ0) is 18.2. The predicted molar refractivity (Wildman–Crippen MR) is 86.6 cm³/mol. The summed E-state index contributed by atoms with van der Waals surface area (Å²) in [5, 5.41) is 5.55. The molecule has 0 aromatic carbocycles. The number of piperidine rings is 1. The predicted octanol–water partition coefficient (Wildman–Crippen LogP) is 1.61. The fraction of sp³-hybridized carbons (Fsp3) is 0.647. The first kappa shape index (κ1) is 17.8. The topological polar surface area (TPSA) is 74.6 Å². The highest BCUT2D eigenvalue weighted by Crippen LogP contribution is 2.26. The van der Waals surface area contributed by atoms with E-state index in [9.17, 15) is 18.4 Å². The quantitative estimate of drug-likeness (QED) is 0.864. The average Bonchev–Trinajstić information content (AvgIpc) is 3.08. The van der Waals surface area contributed by atoms with Gasteiger partial charge in [0, 0.05) is 25.6 Å². The molecule has 1 aromatic rings. The molecule has 2 amide bonds. The highest BCUT2D eigenvalue weighted by molar-refractivity contribution is 5.95. The minimum Gasteiger partial charge on any atom is -0.466 e. The molecule has 0 aliphatic carbocycles. The molecule has 1 aromatic heterocycles. The van der Waals surface area contributed by atoms with Crippen molar-refractivity contribution < 1.29 is 22.8 Å². The molecule has 3 rings (SSSR count). The largest absolute Gasteiger partial charge is 0.466 e. The standard InChI is InChI=1S/C17H23F2N3O3/c1-10-7-13(11(2)25-10)15(23)21-12-3-5-22(6-4-12)16(24)14-8-17(18,19)9-20-14/h7,12,14,20H,3-6,8-9H2,1-2H3,(H,21,23). The molecular weight excluding hydrogens is 332 g/mol. The Kier molecular flexibility index (Phi) is 4.81. The Morgan fingerprint density at radius 1 is 1.32 bits per heavy atom. The summed E-state index contributed by atoms with van der Waals surface area (Å²) in [6.07, 6.45) is 0.772. The van der Waals surface area contributed by atoms with Crippen LogP contribution in [0.4, 0.5) is 8.78 Å². The van der Waals surface area contributed by atoms with Crippen LogP contribution < -0.4 is 10.6 Å².